The van der Waals surface area contributed by atoms with Crippen molar-refractivity contribution in [3.8, 4) is 5.75 Å². The normalized spacial score (nSPS) is 12.2. The van der Waals surface area contributed by atoms with Crippen LogP contribution in [-0.2, 0) is 19.6 Å². The highest BCUT2D eigenvalue weighted by atomic mass is 35.5. The molecule has 8 nitrogen and oxygen atoms in total. The van der Waals surface area contributed by atoms with Crippen molar-refractivity contribution < 1.29 is 31.9 Å². The number of carbonyl (C=O) groups is 2. The smallest absolute Gasteiger partial charge is 0.341 e. The quantitative estimate of drug-likeness (QED) is 0.617. The number of benzene rings is 2. The highest BCUT2D eigenvalue weighted by Crippen LogP contribution is 2.31. The van der Waals surface area contributed by atoms with E-state index in [-0.39, 0.29) is 4.90 Å². The van der Waals surface area contributed by atoms with Crippen LogP contribution in [0.15, 0.2) is 35.2 Å². The molecular weight excluding hydrogens is 439 g/mol. The van der Waals surface area contributed by atoms with E-state index in [0.717, 1.165) is 18.2 Å². The second kappa shape index (κ2) is 9.41. The number of nitrogens with one attached hydrogen (secondary N) is 2. The maximum atomic E-state index is 14.0. The number of hydrogen-bond donors (Lipinski definition) is 2. The summed E-state index contributed by atoms with van der Waals surface area (Å²) in [6.45, 7) is 3.02. The zero-order valence-corrected chi connectivity index (χ0v) is 18.2. The third-order valence-electron chi connectivity index (χ3n) is 4.13. The average Bonchev–Trinajstić information content (AvgIpc) is 2.70. The van der Waals surface area contributed by atoms with E-state index in [1.54, 1.807) is 13.0 Å². The predicted molar refractivity (Wildman–Crippen MR) is 109 cm³/mol. The van der Waals surface area contributed by atoms with Gasteiger partial charge in [0.1, 0.15) is 11.6 Å². The topological polar surface area (TPSA) is 111 Å². The molecule has 0 bridgehead atoms. The number of ether oxygens (including phenoxy) is 2. The summed E-state index contributed by atoms with van der Waals surface area (Å²) in [4.78, 5) is 24.4. The van der Waals surface area contributed by atoms with Crippen LogP contribution in [-0.4, -0.2) is 40.6 Å². The van der Waals surface area contributed by atoms with E-state index in [2.05, 4.69) is 10.0 Å². The fraction of sp³-hybridized carbons (Fsp3) is 0.263. The Balaban J connectivity index is 2.19. The number of rotatable bonds is 7. The maximum Gasteiger partial charge on any atom is 0.341 e. The number of anilines is 1. The van der Waals surface area contributed by atoms with Crippen molar-refractivity contribution in [3.63, 3.8) is 0 Å². The van der Waals surface area contributed by atoms with Gasteiger partial charge in [-0.05, 0) is 50.7 Å². The Kier molecular flexibility index (Phi) is 7.40. The number of amides is 1. The second-order valence-electron chi connectivity index (χ2n) is 6.19. The van der Waals surface area contributed by atoms with Gasteiger partial charge in [-0.15, -0.1) is 0 Å². The largest absolute Gasteiger partial charge is 0.495 e. The lowest BCUT2D eigenvalue weighted by Gasteiger charge is -2.16. The molecule has 1 atom stereocenters. The van der Waals surface area contributed by atoms with E-state index in [4.69, 9.17) is 21.1 Å². The van der Waals surface area contributed by atoms with Crippen molar-refractivity contribution in [2.45, 2.75) is 24.8 Å². The van der Waals surface area contributed by atoms with Gasteiger partial charge < -0.3 is 14.8 Å². The first-order valence-electron chi connectivity index (χ1n) is 8.59. The van der Waals surface area contributed by atoms with Gasteiger partial charge >= 0.3 is 5.97 Å². The van der Waals surface area contributed by atoms with Crippen LogP contribution < -0.4 is 14.8 Å². The zero-order valence-electron chi connectivity index (χ0n) is 16.6. The zero-order chi connectivity index (χ0) is 22.6. The summed E-state index contributed by atoms with van der Waals surface area (Å²) in [5.74, 6) is -2.59. The van der Waals surface area contributed by atoms with E-state index in [9.17, 15) is 22.4 Å². The minimum atomic E-state index is -3.90. The molecule has 0 aliphatic heterocycles. The van der Waals surface area contributed by atoms with Gasteiger partial charge in [0.05, 0.1) is 23.3 Å². The number of hydrogen-bond acceptors (Lipinski definition) is 6. The lowest BCUT2D eigenvalue weighted by molar-refractivity contribution is -0.123. The summed E-state index contributed by atoms with van der Waals surface area (Å²) in [7, 11) is -1.33. The number of esters is 1. The molecule has 0 aromatic heterocycles. The van der Waals surface area contributed by atoms with Crippen LogP contribution in [0.5, 0.6) is 5.75 Å². The number of halogens is 2. The third-order valence-corrected chi connectivity index (χ3v) is 5.95. The summed E-state index contributed by atoms with van der Waals surface area (Å²) in [5.41, 5.74) is 0.369. The first-order valence-corrected chi connectivity index (χ1v) is 10.4. The van der Waals surface area contributed by atoms with Crippen molar-refractivity contribution in [2.24, 2.45) is 0 Å². The molecular formula is C19H20ClFN2O6S. The molecule has 0 spiro atoms. The van der Waals surface area contributed by atoms with Crippen LogP contribution in [0.25, 0.3) is 0 Å². The second-order valence-corrected chi connectivity index (χ2v) is 8.48. The summed E-state index contributed by atoms with van der Waals surface area (Å²) >= 11 is 6.03. The Hall–Kier alpha value is -2.69. The van der Waals surface area contributed by atoms with E-state index in [1.165, 1.54) is 27.1 Å². The van der Waals surface area contributed by atoms with Crippen molar-refractivity contribution in [1.82, 2.24) is 4.72 Å². The van der Waals surface area contributed by atoms with Crippen molar-refractivity contribution in [3.05, 3.63) is 52.3 Å². The molecule has 0 saturated carbocycles. The highest BCUT2D eigenvalue weighted by Gasteiger charge is 2.24. The summed E-state index contributed by atoms with van der Waals surface area (Å²) in [5, 5.41) is 2.99. The monoisotopic (exact) mass is 458 g/mol. The van der Waals surface area contributed by atoms with Gasteiger partial charge in [0.2, 0.25) is 10.0 Å². The first-order chi connectivity index (χ1) is 14.0. The van der Waals surface area contributed by atoms with Crippen LogP contribution in [0.1, 0.15) is 22.8 Å². The molecule has 30 heavy (non-hydrogen) atoms. The van der Waals surface area contributed by atoms with Crippen molar-refractivity contribution >= 4 is 39.2 Å². The fourth-order valence-corrected chi connectivity index (χ4v) is 3.30. The Morgan fingerprint density at radius 2 is 1.87 bits per heavy atom. The first kappa shape index (κ1) is 23.6. The molecule has 0 aliphatic rings. The number of carbonyl (C=O) groups excluding carboxylic acids is 2. The molecule has 162 valence electrons. The molecule has 11 heteroatoms. The standard InChI is InChI=1S/C19H20ClFN2O6S/c1-10-7-16(17(28-4)9-14(10)20)23-18(24)11(2)29-19(25)13-8-12(5-6-15(13)21)30(26,27)22-3/h5-9,11,22H,1-4H3,(H,23,24). The molecule has 2 rings (SSSR count). The van der Waals surface area contributed by atoms with Crippen LogP contribution in [0, 0.1) is 12.7 Å². The Morgan fingerprint density at radius 3 is 2.47 bits per heavy atom. The molecule has 0 fully saturated rings. The highest BCUT2D eigenvalue weighted by molar-refractivity contribution is 7.89. The molecule has 1 unspecified atom stereocenters. The van der Waals surface area contributed by atoms with Gasteiger partial charge in [0, 0.05) is 11.1 Å². The van der Waals surface area contributed by atoms with Crippen molar-refractivity contribution in [2.75, 3.05) is 19.5 Å². The Labute approximate surface area is 178 Å². The molecule has 2 aromatic rings. The number of aryl methyl sites for hydroxylation is 1. The van der Waals surface area contributed by atoms with Crippen LogP contribution in [0.3, 0.4) is 0 Å². The van der Waals surface area contributed by atoms with Gasteiger partial charge in [-0.25, -0.2) is 22.3 Å². The molecule has 2 aromatic carbocycles. The maximum absolute atomic E-state index is 14.0. The van der Waals surface area contributed by atoms with Gasteiger partial charge in [-0.1, -0.05) is 11.6 Å². The van der Waals surface area contributed by atoms with E-state index >= 15 is 0 Å². The predicted octanol–water partition coefficient (Wildman–Crippen LogP) is 2.89. The Bertz CT molecular complexity index is 1090. The molecule has 0 aliphatic carbocycles. The number of methoxy groups -OCH3 is 1. The lowest BCUT2D eigenvalue weighted by Crippen LogP contribution is -2.30. The SMILES string of the molecule is CNS(=O)(=O)c1ccc(F)c(C(=O)OC(C)C(=O)Nc2cc(C)c(Cl)cc2OC)c1. The summed E-state index contributed by atoms with van der Waals surface area (Å²) < 4.78 is 50.0. The van der Waals surface area contributed by atoms with E-state index < -0.39 is 39.4 Å². The molecule has 0 heterocycles. The molecule has 0 saturated heterocycles. The van der Waals surface area contributed by atoms with Crippen LogP contribution >= 0.6 is 11.6 Å². The Morgan fingerprint density at radius 1 is 1.20 bits per heavy atom. The summed E-state index contributed by atoms with van der Waals surface area (Å²) in [6, 6.07) is 5.77. The third kappa shape index (κ3) is 5.26. The molecule has 1 amide bonds. The average molecular weight is 459 g/mol. The fourth-order valence-electron chi connectivity index (χ4n) is 2.39. The van der Waals surface area contributed by atoms with Crippen LogP contribution in [0.2, 0.25) is 5.02 Å². The summed E-state index contributed by atoms with van der Waals surface area (Å²) in [6.07, 6.45) is -1.32. The molecule has 0 radical (unpaired) electrons. The van der Waals surface area contributed by atoms with Gasteiger partial charge in [0.15, 0.2) is 6.10 Å². The van der Waals surface area contributed by atoms with Gasteiger partial charge in [-0.3, -0.25) is 4.79 Å². The van der Waals surface area contributed by atoms with E-state index in [1.807, 2.05) is 0 Å². The minimum Gasteiger partial charge on any atom is -0.495 e. The van der Waals surface area contributed by atoms with E-state index in [0.29, 0.717) is 22.0 Å². The van der Waals surface area contributed by atoms with Gasteiger partial charge in [-0.2, -0.15) is 0 Å². The minimum absolute atomic E-state index is 0.300. The number of sulfonamides is 1. The van der Waals surface area contributed by atoms with Crippen molar-refractivity contribution in [1.29, 1.82) is 0 Å². The van der Waals surface area contributed by atoms with Crippen LogP contribution in [0.4, 0.5) is 10.1 Å². The van der Waals surface area contributed by atoms with Gasteiger partial charge in [0.25, 0.3) is 5.91 Å². The lowest BCUT2D eigenvalue weighted by atomic mass is 10.2. The molecule has 2 N–H and O–H groups in total.